The molecule has 0 saturated carbocycles. The maximum atomic E-state index is 12.2. The topological polar surface area (TPSA) is 97.8 Å². The number of carboxylic acids is 1. The van der Waals surface area contributed by atoms with Crippen LogP contribution in [0.2, 0.25) is 0 Å². The van der Waals surface area contributed by atoms with Gasteiger partial charge in [-0.25, -0.2) is 9.78 Å². The minimum Gasteiger partial charge on any atom is -0.490 e. The summed E-state index contributed by atoms with van der Waals surface area (Å²) >= 11 is 1.03. The van der Waals surface area contributed by atoms with Crippen LogP contribution in [-0.2, 0) is 17.8 Å². The molecule has 2 aromatic rings. The monoisotopic (exact) mass is 406 g/mol. The molecule has 0 radical (unpaired) electrons. The molecule has 28 heavy (non-hydrogen) atoms. The Hall–Kier alpha value is -2.61. The molecule has 152 valence electrons. The van der Waals surface area contributed by atoms with Gasteiger partial charge in [0, 0.05) is 6.54 Å². The van der Waals surface area contributed by atoms with Crippen LogP contribution in [0.1, 0.15) is 52.6 Å². The summed E-state index contributed by atoms with van der Waals surface area (Å²) in [7, 11) is 0. The SMILES string of the molecule is CCCCOc1ccc(CNC(=O)Cc2nc(C)c(C(=O)O)s2)cc1OCC. The number of benzene rings is 1. The summed E-state index contributed by atoms with van der Waals surface area (Å²) in [4.78, 5) is 27.6. The van der Waals surface area contributed by atoms with Crippen LogP contribution in [0, 0.1) is 6.92 Å². The van der Waals surface area contributed by atoms with E-state index in [0.29, 0.717) is 42.0 Å². The van der Waals surface area contributed by atoms with E-state index in [0.717, 1.165) is 29.7 Å². The first-order valence-electron chi connectivity index (χ1n) is 9.29. The molecular formula is C20H26N2O5S. The van der Waals surface area contributed by atoms with Gasteiger partial charge < -0.3 is 19.9 Å². The number of carbonyl (C=O) groups is 2. The molecule has 0 spiro atoms. The molecule has 0 bridgehead atoms. The number of unbranched alkanes of at least 4 members (excludes halogenated alkanes) is 1. The summed E-state index contributed by atoms with van der Waals surface area (Å²) in [6.07, 6.45) is 2.08. The molecule has 1 aromatic heterocycles. The number of rotatable bonds is 11. The van der Waals surface area contributed by atoms with E-state index in [4.69, 9.17) is 14.6 Å². The first-order valence-corrected chi connectivity index (χ1v) is 10.1. The lowest BCUT2D eigenvalue weighted by Gasteiger charge is -2.13. The zero-order chi connectivity index (χ0) is 20.5. The van der Waals surface area contributed by atoms with Gasteiger partial charge in [0.15, 0.2) is 11.5 Å². The quantitative estimate of drug-likeness (QED) is 0.554. The number of hydrogen-bond acceptors (Lipinski definition) is 6. The van der Waals surface area contributed by atoms with Crippen molar-refractivity contribution in [2.75, 3.05) is 13.2 Å². The number of carboxylic acid groups (broad SMARTS) is 1. The number of aromatic carboxylic acids is 1. The van der Waals surface area contributed by atoms with Crippen molar-refractivity contribution in [3.63, 3.8) is 0 Å². The van der Waals surface area contributed by atoms with Crippen molar-refractivity contribution in [1.29, 1.82) is 0 Å². The molecule has 0 saturated heterocycles. The van der Waals surface area contributed by atoms with Crippen molar-refractivity contribution in [3.05, 3.63) is 39.3 Å². The van der Waals surface area contributed by atoms with Gasteiger partial charge in [-0.05, 0) is 38.0 Å². The third kappa shape index (κ3) is 6.23. The molecule has 2 rings (SSSR count). The molecule has 7 nitrogen and oxygen atoms in total. The third-order valence-corrected chi connectivity index (χ3v) is 5.05. The summed E-state index contributed by atoms with van der Waals surface area (Å²) in [5, 5.41) is 12.4. The Bertz CT molecular complexity index is 819. The molecule has 1 heterocycles. The second-order valence-electron chi connectivity index (χ2n) is 6.20. The van der Waals surface area contributed by atoms with Gasteiger partial charge in [0.25, 0.3) is 0 Å². The van der Waals surface area contributed by atoms with E-state index >= 15 is 0 Å². The highest BCUT2D eigenvalue weighted by Gasteiger charge is 2.16. The summed E-state index contributed by atoms with van der Waals surface area (Å²) in [5.74, 6) is 0.120. The normalized spacial score (nSPS) is 10.5. The molecule has 0 aliphatic heterocycles. The molecule has 0 unspecified atom stereocenters. The van der Waals surface area contributed by atoms with Crippen LogP contribution in [0.5, 0.6) is 11.5 Å². The highest BCUT2D eigenvalue weighted by molar-refractivity contribution is 7.13. The number of hydrogen-bond donors (Lipinski definition) is 2. The van der Waals surface area contributed by atoms with E-state index in [-0.39, 0.29) is 17.2 Å². The van der Waals surface area contributed by atoms with Crippen molar-refractivity contribution >= 4 is 23.2 Å². The summed E-state index contributed by atoms with van der Waals surface area (Å²) < 4.78 is 11.4. The second-order valence-corrected chi connectivity index (χ2v) is 7.28. The molecule has 0 aliphatic carbocycles. The van der Waals surface area contributed by atoms with Crippen molar-refractivity contribution < 1.29 is 24.2 Å². The largest absolute Gasteiger partial charge is 0.490 e. The lowest BCUT2D eigenvalue weighted by Crippen LogP contribution is -2.24. The van der Waals surface area contributed by atoms with Gasteiger partial charge in [0.05, 0.1) is 25.3 Å². The van der Waals surface area contributed by atoms with Crippen LogP contribution in [0.4, 0.5) is 0 Å². The zero-order valence-corrected chi connectivity index (χ0v) is 17.2. The average Bonchev–Trinajstić information content (AvgIpc) is 3.02. The number of amides is 1. The predicted molar refractivity (Wildman–Crippen MR) is 107 cm³/mol. The maximum absolute atomic E-state index is 12.2. The lowest BCUT2D eigenvalue weighted by molar-refractivity contribution is -0.120. The van der Waals surface area contributed by atoms with Gasteiger partial charge in [-0.15, -0.1) is 11.3 Å². The van der Waals surface area contributed by atoms with Gasteiger partial charge in [-0.2, -0.15) is 0 Å². The fourth-order valence-electron chi connectivity index (χ4n) is 2.50. The Morgan fingerprint density at radius 2 is 2.00 bits per heavy atom. The van der Waals surface area contributed by atoms with Crippen molar-refractivity contribution in [2.24, 2.45) is 0 Å². The van der Waals surface area contributed by atoms with Gasteiger partial charge in [-0.1, -0.05) is 19.4 Å². The average molecular weight is 407 g/mol. The van der Waals surface area contributed by atoms with Gasteiger partial charge in [0.2, 0.25) is 5.91 Å². The number of aromatic nitrogens is 1. The number of nitrogens with one attached hydrogen (secondary N) is 1. The fraction of sp³-hybridized carbons (Fsp3) is 0.450. The van der Waals surface area contributed by atoms with E-state index in [9.17, 15) is 9.59 Å². The van der Waals surface area contributed by atoms with Crippen molar-refractivity contribution in [1.82, 2.24) is 10.3 Å². The summed E-state index contributed by atoms with van der Waals surface area (Å²) in [6.45, 7) is 7.14. The first kappa shape index (κ1) is 21.7. The molecular weight excluding hydrogens is 380 g/mol. The van der Waals surface area contributed by atoms with Crippen LogP contribution in [0.25, 0.3) is 0 Å². The van der Waals surface area contributed by atoms with E-state index in [1.165, 1.54) is 0 Å². The van der Waals surface area contributed by atoms with Crippen molar-refractivity contribution in [3.8, 4) is 11.5 Å². The summed E-state index contributed by atoms with van der Waals surface area (Å²) in [6, 6.07) is 5.60. The maximum Gasteiger partial charge on any atom is 0.347 e. The number of carbonyl (C=O) groups excluding carboxylic acids is 1. The molecule has 1 amide bonds. The van der Waals surface area contributed by atoms with Gasteiger partial charge in [-0.3, -0.25) is 4.79 Å². The van der Waals surface area contributed by atoms with E-state index in [1.54, 1.807) is 6.92 Å². The fourth-order valence-corrected chi connectivity index (χ4v) is 3.41. The number of aryl methyl sites for hydroxylation is 1. The summed E-state index contributed by atoms with van der Waals surface area (Å²) in [5.41, 5.74) is 1.32. The van der Waals surface area contributed by atoms with Crippen LogP contribution >= 0.6 is 11.3 Å². The Labute approximate surface area is 168 Å². The van der Waals surface area contributed by atoms with Crippen LogP contribution in [0.15, 0.2) is 18.2 Å². The molecule has 0 atom stereocenters. The van der Waals surface area contributed by atoms with Crippen LogP contribution < -0.4 is 14.8 Å². The minimum atomic E-state index is -1.02. The molecule has 2 N–H and O–H groups in total. The number of nitrogens with zero attached hydrogens (tertiary/aromatic N) is 1. The highest BCUT2D eigenvalue weighted by Crippen LogP contribution is 2.28. The first-order chi connectivity index (χ1) is 13.4. The lowest BCUT2D eigenvalue weighted by atomic mass is 10.2. The minimum absolute atomic E-state index is 0.0509. The number of thiazole rings is 1. The predicted octanol–water partition coefficient (Wildman–Crippen LogP) is 3.59. The highest BCUT2D eigenvalue weighted by atomic mass is 32.1. The van der Waals surface area contributed by atoms with E-state index < -0.39 is 5.97 Å². The van der Waals surface area contributed by atoms with Crippen LogP contribution in [0.3, 0.4) is 0 Å². The van der Waals surface area contributed by atoms with Crippen LogP contribution in [-0.4, -0.2) is 35.2 Å². The molecule has 1 aromatic carbocycles. The molecule has 0 fully saturated rings. The van der Waals surface area contributed by atoms with E-state index in [1.807, 2.05) is 25.1 Å². The number of ether oxygens (including phenoxy) is 2. The van der Waals surface area contributed by atoms with Crippen molar-refractivity contribution in [2.45, 2.75) is 46.6 Å². The smallest absolute Gasteiger partial charge is 0.347 e. The Balaban J connectivity index is 1.95. The molecule has 8 heteroatoms. The van der Waals surface area contributed by atoms with Gasteiger partial charge >= 0.3 is 5.97 Å². The van der Waals surface area contributed by atoms with Gasteiger partial charge in [0.1, 0.15) is 9.88 Å². The Kier molecular flexibility index (Phi) is 8.25. The standard InChI is InChI=1S/C20H26N2O5S/c1-4-6-9-27-15-8-7-14(10-16(15)26-5-2)12-21-17(23)11-18-22-13(3)19(28-18)20(24)25/h7-8,10H,4-6,9,11-12H2,1-3H3,(H,21,23)(H,24,25). The Morgan fingerprint density at radius 3 is 2.64 bits per heavy atom. The second kappa shape index (κ2) is 10.7. The third-order valence-electron chi connectivity index (χ3n) is 3.90. The zero-order valence-electron chi connectivity index (χ0n) is 16.4. The molecule has 0 aliphatic rings. The van der Waals surface area contributed by atoms with E-state index in [2.05, 4.69) is 17.2 Å². The Morgan fingerprint density at radius 1 is 1.21 bits per heavy atom.